The van der Waals surface area contributed by atoms with Crippen LogP contribution in [-0.2, 0) is 0 Å². The van der Waals surface area contributed by atoms with Crippen molar-refractivity contribution in [2.45, 2.75) is 25.3 Å². The highest BCUT2D eigenvalue weighted by molar-refractivity contribution is 7.13. The SMILES string of the molecule is c1cncc(-c2nc([C@H]3CCCCN3)cs2)c1. The maximum absolute atomic E-state index is 4.72. The van der Waals surface area contributed by atoms with Gasteiger partial charge in [-0.25, -0.2) is 4.98 Å². The predicted octanol–water partition coefficient (Wildman–Crippen LogP) is 3.02. The highest BCUT2D eigenvalue weighted by atomic mass is 32.1. The number of pyridine rings is 1. The maximum Gasteiger partial charge on any atom is 0.125 e. The number of nitrogens with one attached hydrogen (secondary N) is 1. The Hall–Kier alpha value is -1.26. The summed E-state index contributed by atoms with van der Waals surface area (Å²) in [6.07, 6.45) is 7.46. The summed E-state index contributed by atoms with van der Waals surface area (Å²) in [6.45, 7) is 1.12. The third-order valence-electron chi connectivity index (χ3n) is 3.10. The van der Waals surface area contributed by atoms with Crippen molar-refractivity contribution in [1.29, 1.82) is 0 Å². The van der Waals surface area contributed by atoms with E-state index in [4.69, 9.17) is 4.98 Å². The molecule has 3 rings (SSSR count). The quantitative estimate of drug-likeness (QED) is 0.883. The zero-order valence-electron chi connectivity index (χ0n) is 9.60. The number of rotatable bonds is 2. The van der Waals surface area contributed by atoms with Gasteiger partial charge in [0.1, 0.15) is 5.01 Å². The zero-order valence-corrected chi connectivity index (χ0v) is 10.4. The van der Waals surface area contributed by atoms with Crippen LogP contribution >= 0.6 is 11.3 Å². The number of aromatic nitrogens is 2. The van der Waals surface area contributed by atoms with Crippen molar-refractivity contribution >= 4 is 11.3 Å². The molecule has 0 saturated carbocycles. The molecule has 0 radical (unpaired) electrons. The Morgan fingerprint density at radius 2 is 2.35 bits per heavy atom. The summed E-state index contributed by atoms with van der Waals surface area (Å²) in [5, 5.41) is 6.77. The monoisotopic (exact) mass is 245 g/mol. The van der Waals surface area contributed by atoms with E-state index in [9.17, 15) is 0 Å². The lowest BCUT2D eigenvalue weighted by molar-refractivity contribution is 0.407. The molecule has 0 spiro atoms. The third-order valence-corrected chi connectivity index (χ3v) is 4.01. The normalized spacial score (nSPS) is 20.4. The van der Waals surface area contributed by atoms with Gasteiger partial charge in [0.15, 0.2) is 0 Å². The van der Waals surface area contributed by atoms with Crippen LogP contribution in [-0.4, -0.2) is 16.5 Å². The minimum atomic E-state index is 0.449. The molecule has 1 N–H and O–H groups in total. The Balaban J connectivity index is 1.83. The van der Waals surface area contributed by atoms with E-state index in [0.29, 0.717) is 6.04 Å². The Kier molecular flexibility index (Phi) is 3.16. The van der Waals surface area contributed by atoms with Crippen LogP contribution in [0.25, 0.3) is 10.6 Å². The van der Waals surface area contributed by atoms with E-state index in [1.807, 2.05) is 12.3 Å². The average molecular weight is 245 g/mol. The summed E-state index contributed by atoms with van der Waals surface area (Å²) in [4.78, 5) is 8.85. The molecule has 3 heterocycles. The van der Waals surface area contributed by atoms with Gasteiger partial charge < -0.3 is 5.32 Å². The van der Waals surface area contributed by atoms with Crippen LogP contribution in [0, 0.1) is 0 Å². The molecule has 1 aliphatic rings. The number of hydrogen-bond acceptors (Lipinski definition) is 4. The zero-order chi connectivity index (χ0) is 11.5. The van der Waals surface area contributed by atoms with E-state index in [1.54, 1.807) is 17.5 Å². The molecule has 0 unspecified atom stereocenters. The molecule has 1 saturated heterocycles. The highest BCUT2D eigenvalue weighted by Gasteiger charge is 2.17. The van der Waals surface area contributed by atoms with E-state index in [2.05, 4.69) is 21.7 Å². The van der Waals surface area contributed by atoms with Crippen LogP contribution in [0.3, 0.4) is 0 Å². The van der Waals surface area contributed by atoms with E-state index < -0.39 is 0 Å². The van der Waals surface area contributed by atoms with E-state index in [0.717, 1.165) is 17.1 Å². The number of piperidine rings is 1. The van der Waals surface area contributed by atoms with Gasteiger partial charge in [0.2, 0.25) is 0 Å². The van der Waals surface area contributed by atoms with Crippen LogP contribution in [0.2, 0.25) is 0 Å². The largest absolute Gasteiger partial charge is 0.309 e. The standard InChI is InChI=1S/C13H15N3S/c1-2-7-15-11(5-1)12-9-17-13(16-12)10-4-3-6-14-8-10/h3-4,6,8-9,11,15H,1-2,5,7H2/t11-/m1/s1. The van der Waals surface area contributed by atoms with Gasteiger partial charge in [-0.2, -0.15) is 0 Å². The van der Waals surface area contributed by atoms with Crippen molar-refractivity contribution in [2.75, 3.05) is 6.54 Å². The molecule has 3 nitrogen and oxygen atoms in total. The molecule has 0 aromatic carbocycles. The molecule has 1 fully saturated rings. The molecule has 2 aromatic heterocycles. The lowest BCUT2D eigenvalue weighted by Crippen LogP contribution is -2.26. The molecule has 1 atom stereocenters. The topological polar surface area (TPSA) is 37.8 Å². The summed E-state index contributed by atoms with van der Waals surface area (Å²) in [5.41, 5.74) is 2.30. The highest BCUT2D eigenvalue weighted by Crippen LogP contribution is 2.28. The summed E-state index contributed by atoms with van der Waals surface area (Å²) in [5.74, 6) is 0. The molecule has 2 aromatic rings. The average Bonchev–Trinajstić information content (AvgIpc) is 2.90. The van der Waals surface area contributed by atoms with Crippen LogP contribution in [0.1, 0.15) is 31.0 Å². The Morgan fingerprint density at radius 3 is 3.12 bits per heavy atom. The van der Waals surface area contributed by atoms with E-state index in [1.165, 1.54) is 25.0 Å². The first-order valence-electron chi connectivity index (χ1n) is 6.03. The maximum atomic E-state index is 4.72. The van der Waals surface area contributed by atoms with Crippen molar-refractivity contribution < 1.29 is 0 Å². The van der Waals surface area contributed by atoms with Crippen molar-refractivity contribution in [2.24, 2.45) is 0 Å². The van der Waals surface area contributed by atoms with Gasteiger partial charge in [0.25, 0.3) is 0 Å². The third kappa shape index (κ3) is 2.37. The number of nitrogens with zero attached hydrogens (tertiary/aromatic N) is 2. The first-order chi connectivity index (χ1) is 8.43. The Labute approximate surface area is 105 Å². The molecule has 0 aliphatic carbocycles. The van der Waals surface area contributed by atoms with Crippen LogP contribution in [0.5, 0.6) is 0 Å². The molecule has 88 valence electrons. The van der Waals surface area contributed by atoms with Crippen molar-refractivity contribution in [3.63, 3.8) is 0 Å². The first-order valence-corrected chi connectivity index (χ1v) is 6.90. The molecule has 17 heavy (non-hydrogen) atoms. The molecular formula is C13H15N3S. The lowest BCUT2D eigenvalue weighted by Gasteiger charge is -2.21. The second kappa shape index (κ2) is 4.94. The van der Waals surface area contributed by atoms with Gasteiger partial charge in [0, 0.05) is 23.3 Å². The predicted molar refractivity (Wildman–Crippen MR) is 69.9 cm³/mol. The van der Waals surface area contributed by atoms with Gasteiger partial charge in [-0.3, -0.25) is 4.98 Å². The van der Waals surface area contributed by atoms with Crippen LogP contribution < -0.4 is 5.32 Å². The lowest BCUT2D eigenvalue weighted by atomic mass is 10.0. The summed E-state index contributed by atoms with van der Waals surface area (Å²) >= 11 is 1.71. The van der Waals surface area contributed by atoms with Crippen molar-refractivity contribution in [3.8, 4) is 10.6 Å². The smallest absolute Gasteiger partial charge is 0.125 e. The van der Waals surface area contributed by atoms with Gasteiger partial charge in [-0.1, -0.05) is 6.42 Å². The van der Waals surface area contributed by atoms with E-state index in [-0.39, 0.29) is 0 Å². The molecule has 0 bridgehead atoms. The number of hydrogen-bond donors (Lipinski definition) is 1. The Bertz CT molecular complexity index is 474. The van der Waals surface area contributed by atoms with Crippen LogP contribution in [0.4, 0.5) is 0 Å². The minimum Gasteiger partial charge on any atom is -0.309 e. The number of thiazole rings is 1. The molecule has 4 heteroatoms. The second-order valence-electron chi connectivity index (χ2n) is 4.32. The van der Waals surface area contributed by atoms with E-state index >= 15 is 0 Å². The van der Waals surface area contributed by atoms with Crippen molar-refractivity contribution in [1.82, 2.24) is 15.3 Å². The summed E-state index contributed by atoms with van der Waals surface area (Å²) in [7, 11) is 0. The minimum absolute atomic E-state index is 0.449. The fourth-order valence-corrected chi connectivity index (χ4v) is 3.04. The molecular weight excluding hydrogens is 230 g/mol. The second-order valence-corrected chi connectivity index (χ2v) is 5.18. The molecule has 1 aliphatic heterocycles. The van der Waals surface area contributed by atoms with Gasteiger partial charge in [-0.05, 0) is 31.5 Å². The first kappa shape index (κ1) is 10.9. The van der Waals surface area contributed by atoms with Crippen molar-refractivity contribution in [3.05, 3.63) is 35.6 Å². The van der Waals surface area contributed by atoms with Crippen LogP contribution in [0.15, 0.2) is 29.9 Å². The summed E-state index contributed by atoms with van der Waals surface area (Å²) in [6, 6.07) is 4.46. The van der Waals surface area contributed by atoms with Gasteiger partial charge in [-0.15, -0.1) is 11.3 Å². The Morgan fingerprint density at radius 1 is 1.35 bits per heavy atom. The fourth-order valence-electron chi connectivity index (χ4n) is 2.17. The summed E-state index contributed by atoms with van der Waals surface area (Å²) < 4.78 is 0. The van der Waals surface area contributed by atoms with Gasteiger partial charge in [0.05, 0.1) is 11.7 Å². The van der Waals surface area contributed by atoms with Gasteiger partial charge >= 0.3 is 0 Å². The molecule has 0 amide bonds. The fraction of sp³-hybridized carbons (Fsp3) is 0.385.